The van der Waals surface area contributed by atoms with Gasteiger partial charge in [-0.25, -0.2) is 9.97 Å². The van der Waals surface area contributed by atoms with E-state index >= 15 is 4.39 Å². The second-order valence-electron chi connectivity index (χ2n) is 8.98. The molecule has 1 aliphatic rings. The van der Waals surface area contributed by atoms with Gasteiger partial charge in [-0.05, 0) is 36.1 Å². The first-order valence-electron chi connectivity index (χ1n) is 11.7. The van der Waals surface area contributed by atoms with Gasteiger partial charge in [0, 0.05) is 41.4 Å². The van der Waals surface area contributed by atoms with Crippen LogP contribution >= 0.6 is 22.9 Å². The minimum absolute atomic E-state index is 0.0635. The SMILES string of the molecule is COc1ccc(-c2ccc(Cl)cc2-c2nc(N(C)C(=O)C(CC(=O)O)CC3CCCC3)sc2F)cn1. The Hall–Kier alpha value is -3.04. The smallest absolute Gasteiger partial charge is 0.304 e. The summed E-state index contributed by atoms with van der Waals surface area (Å²) in [6.45, 7) is 0. The van der Waals surface area contributed by atoms with Crippen LogP contribution in [-0.2, 0) is 9.59 Å². The summed E-state index contributed by atoms with van der Waals surface area (Å²) in [5.41, 5.74) is 1.92. The number of thiazole rings is 1. The van der Waals surface area contributed by atoms with Crippen LogP contribution in [0.25, 0.3) is 22.4 Å². The Morgan fingerprint density at radius 2 is 2.00 bits per heavy atom. The summed E-state index contributed by atoms with van der Waals surface area (Å²) >= 11 is 6.98. The molecule has 1 aliphatic carbocycles. The fourth-order valence-electron chi connectivity index (χ4n) is 4.72. The zero-order chi connectivity index (χ0) is 25.8. The fourth-order valence-corrected chi connectivity index (χ4v) is 5.67. The third-order valence-corrected chi connectivity index (χ3v) is 7.70. The maximum absolute atomic E-state index is 15.2. The first-order valence-corrected chi connectivity index (χ1v) is 12.9. The maximum atomic E-state index is 15.2. The van der Waals surface area contributed by atoms with E-state index in [1.165, 1.54) is 19.1 Å². The highest BCUT2D eigenvalue weighted by atomic mass is 35.5. The number of carboxylic acid groups (broad SMARTS) is 1. The molecule has 1 atom stereocenters. The molecule has 0 radical (unpaired) electrons. The van der Waals surface area contributed by atoms with E-state index in [1.807, 2.05) is 0 Å². The Bertz CT molecular complexity index is 1240. The quantitative estimate of drug-likeness (QED) is 0.348. The van der Waals surface area contributed by atoms with Gasteiger partial charge in [0.1, 0.15) is 5.69 Å². The molecule has 1 N–H and O–H groups in total. The first kappa shape index (κ1) is 26.0. The van der Waals surface area contributed by atoms with Crippen molar-refractivity contribution in [3.8, 4) is 28.3 Å². The summed E-state index contributed by atoms with van der Waals surface area (Å²) in [5.74, 6) is -1.29. The van der Waals surface area contributed by atoms with Crippen molar-refractivity contribution in [2.75, 3.05) is 19.1 Å². The highest BCUT2D eigenvalue weighted by molar-refractivity contribution is 7.14. The molecule has 1 aromatic carbocycles. The predicted octanol–water partition coefficient (Wildman–Crippen LogP) is 6.31. The zero-order valence-electron chi connectivity index (χ0n) is 20.0. The highest BCUT2D eigenvalue weighted by Gasteiger charge is 2.31. The van der Waals surface area contributed by atoms with Crippen molar-refractivity contribution in [1.82, 2.24) is 9.97 Å². The summed E-state index contributed by atoms with van der Waals surface area (Å²) in [7, 11) is 3.04. The minimum Gasteiger partial charge on any atom is -0.481 e. The van der Waals surface area contributed by atoms with Gasteiger partial charge in [-0.3, -0.25) is 14.5 Å². The van der Waals surface area contributed by atoms with E-state index in [2.05, 4.69) is 9.97 Å². The van der Waals surface area contributed by atoms with Crippen LogP contribution < -0.4 is 9.64 Å². The molecule has 1 fully saturated rings. The van der Waals surface area contributed by atoms with E-state index in [1.54, 1.807) is 36.5 Å². The summed E-state index contributed by atoms with van der Waals surface area (Å²) in [4.78, 5) is 34.7. The van der Waals surface area contributed by atoms with Crippen LogP contribution in [0.4, 0.5) is 9.52 Å². The van der Waals surface area contributed by atoms with Crippen LogP contribution in [0.1, 0.15) is 38.5 Å². The van der Waals surface area contributed by atoms with Gasteiger partial charge in [0.25, 0.3) is 0 Å². The lowest BCUT2D eigenvalue weighted by molar-refractivity contribution is -0.140. The Morgan fingerprint density at radius 1 is 1.25 bits per heavy atom. The number of rotatable bonds is 9. The number of ether oxygens (including phenoxy) is 1. The number of hydrogen-bond donors (Lipinski definition) is 1. The molecular formula is C26H27ClFN3O4S. The number of nitrogens with zero attached hydrogens (tertiary/aromatic N) is 3. The number of aromatic nitrogens is 2. The number of amides is 1. The van der Waals surface area contributed by atoms with Gasteiger partial charge in [0.2, 0.25) is 16.9 Å². The molecule has 190 valence electrons. The molecule has 1 saturated carbocycles. The Labute approximate surface area is 217 Å². The maximum Gasteiger partial charge on any atom is 0.304 e. The van der Waals surface area contributed by atoms with Crippen molar-refractivity contribution in [2.24, 2.45) is 11.8 Å². The number of benzene rings is 1. The first-order chi connectivity index (χ1) is 17.3. The second kappa shape index (κ2) is 11.3. The van der Waals surface area contributed by atoms with Crippen LogP contribution in [0, 0.1) is 17.0 Å². The fraction of sp³-hybridized carbons (Fsp3) is 0.385. The summed E-state index contributed by atoms with van der Waals surface area (Å²) in [5, 5.41) is 9.38. The highest BCUT2D eigenvalue weighted by Crippen LogP contribution is 2.39. The molecule has 36 heavy (non-hydrogen) atoms. The number of halogens is 2. The summed E-state index contributed by atoms with van der Waals surface area (Å²) < 4.78 is 20.4. The van der Waals surface area contributed by atoms with Crippen molar-refractivity contribution in [3.63, 3.8) is 0 Å². The number of anilines is 1. The van der Waals surface area contributed by atoms with Crippen LogP contribution in [0.5, 0.6) is 5.88 Å². The molecule has 1 amide bonds. The average molecular weight is 532 g/mol. The Morgan fingerprint density at radius 3 is 2.64 bits per heavy atom. The number of methoxy groups -OCH3 is 1. The van der Waals surface area contributed by atoms with E-state index in [0.29, 0.717) is 34.4 Å². The van der Waals surface area contributed by atoms with Crippen molar-refractivity contribution in [1.29, 1.82) is 0 Å². The van der Waals surface area contributed by atoms with Crippen molar-refractivity contribution in [2.45, 2.75) is 38.5 Å². The van der Waals surface area contributed by atoms with Gasteiger partial charge in [0.15, 0.2) is 5.13 Å². The number of hydrogen-bond acceptors (Lipinski definition) is 6. The molecule has 7 nitrogen and oxygen atoms in total. The molecule has 4 rings (SSSR count). The number of carbonyl (C=O) groups is 2. The molecule has 1 unspecified atom stereocenters. The summed E-state index contributed by atoms with van der Waals surface area (Å²) in [6.07, 6.45) is 6.07. The largest absolute Gasteiger partial charge is 0.481 e. The lowest BCUT2D eigenvalue weighted by Crippen LogP contribution is -2.35. The normalized spacial score (nSPS) is 14.6. The van der Waals surface area contributed by atoms with E-state index in [9.17, 15) is 14.7 Å². The van der Waals surface area contributed by atoms with Gasteiger partial charge in [-0.2, -0.15) is 4.39 Å². The van der Waals surface area contributed by atoms with Gasteiger partial charge in [-0.15, -0.1) is 0 Å². The molecule has 0 aliphatic heterocycles. The Kier molecular flexibility index (Phi) is 8.21. The van der Waals surface area contributed by atoms with Crippen LogP contribution in [0.15, 0.2) is 36.5 Å². The van der Waals surface area contributed by atoms with E-state index in [-0.39, 0.29) is 23.2 Å². The van der Waals surface area contributed by atoms with Crippen LogP contribution in [-0.4, -0.2) is 41.1 Å². The molecule has 2 aromatic heterocycles. The average Bonchev–Trinajstić information content (AvgIpc) is 3.52. The van der Waals surface area contributed by atoms with E-state index < -0.39 is 17.0 Å². The molecule has 10 heteroatoms. The van der Waals surface area contributed by atoms with Crippen LogP contribution in [0.2, 0.25) is 5.02 Å². The lowest BCUT2D eigenvalue weighted by atomic mass is 9.90. The molecule has 0 spiro atoms. The molecule has 3 aromatic rings. The number of carboxylic acids is 1. The van der Waals surface area contributed by atoms with Crippen LogP contribution in [0.3, 0.4) is 0 Å². The van der Waals surface area contributed by atoms with Crippen molar-refractivity contribution < 1.29 is 23.8 Å². The number of aliphatic carboxylic acids is 1. The predicted molar refractivity (Wildman–Crippen MR) is 138 cm³/mol. The van der Waals surface area contributed by atoms with E-state index in [0.717, 1.165) is 42.6 Å². The van der Waals surface area contributed by atoms with Gasteiger partial charge < -0.3 is 9.84 Å². The number of pyridine rings is 1. The second-order valence-corrected chi connectivity index (χ2v) is 10.3. The van der Waals surface area contributed by atoms with Crippen molar-refractivity contribution in [3.05, 3.63) is 46.7 Å². The Balaban J connectivity index is 1.64. The van der Waals surface area contributed by atoms with Gasteiger partial charge in [-0.1, -0.05) is 54.7 Å². The minimum atomic E-state index is -1.03. The third kappa shape index (κ3) is 5.84. The van der Waals surface area contributed by atoms with Crippen molar-refractivity contribution >= 4 is 39.9 Å². The lowest BCUT2D eigenvalue weighted by Gasteiger charge is -2.23. The topological polar surface area (TPSA) is 92.6 Å². The zero-order valence-corrected chi connectivity index (χ0v) is 21.6. The molecule has 0 saturated heterocycles. The van der Waals surface area contributed by atoms with Gasteiger partial charge in [0.05, 0.1) is 13.5 Å². The molecule has 2 heterocycles. The molecule has 0 bridgehead atoms. The standard InChI is InChI=1S/C26H27ClFN3O4S/c1-31(25(34)17(12-22(32)33)11-15-5-3-4-6-15)26-30-23(24(28)36-26)20-13-18(27)8-9-19(20)16-7-10-21(35-2)29-14-16/h7-10,13-15,17H,3-6,11-12H2,1-2H3,(H,32,33). The van der Waals surface area contributed by atoms with E-state index in [4.69, 9.17) is 16.3 Å². The third-order valence-electron chi connectivity index (χ3n) is 6.55. The summed E-state index contributed by atoms with van der Waals surface area (Å²) in [6, 6.07) is 8.59. The monoisotopic (exact) mass is 531 g/mol. The van der Waals surface area contributed by atoms with Gasteiger partial charge >= 0.3 is 5.97 Å². The molecular weight excluding hydrogens is 505 g/mol. The number of carbonyl (C=O) groups excluding carboxylic acids is 1.